The lowest BCUT2D eigenvalue weighted by Crippen LogP contribution is -2.38. The third-order valence-corrected chi connectivity index (χ3v) is 18.7. The van der Waals surface area contributed by atoms with Crippen molar-refractivity contribution < 1.29 is 0 Å². The molecule has 320 valence electrons. The minimum absolute atomic E-state index is 0.0826. The van der Waals surface area contributed by atoms with E-state index in [1.54, 1.807) is 32.6 Å². The van der Waals surface area contributed by atoms with E-state index in [0.717, 1.165) is 0 Å². The van der Waals surface area contributed by atoms with Crippen LogP contribution in [0.4, 0.5) is 11.4 Å². The molecule has 2 aliphatic carbocycles. The molecular weight excluding hydrogens is 743 g/mol. The number of hydrogen-bond donors (Lipinski definition) is 1. The van der Waals surface area contributed by atoms with Gasteiger partial charge in [0.1, 0.15) is 0 Å². The second kappa shape index (κ2) is 19.9. The second-order valence-corrected chi connectivity index (χ2v) is 31.2. The van der Waals surface area contributed by atoms with E-state index in [4.69, 9.17) is 0 Å². The average Bonchev–Trinajstić information content (AvgIpc) is 3.63. The van der Waals surface area contributed by atoms with Gasteiger partial charge in [-0.05, 0) is 94.5 Å². The Kier molecular flexibility index (Phi) is 15.4. The Bertz CT molecular complexity index is 1820. The van der Waals surface area contributed by atoms with Crippen LogP contribution in [0.2, 0.25) is 39.3 Å². The van der Waals surface area contributed by atoms with E-state index in [0.29, 0.717) is 0 Å². The lowest BCUT2D eigenvalue weighted by molar-refractivity contribution is 0.401. The Balaban J connectivity index is 1.43. The molecule has 2 aliphatic rings. The number of unbranched alkanes of at least 4 members (excludes halogenated alkanes) is 12. The maximum absolute atomic E-state index is 4.08. The molecule has 0 aromatic heterocycles. The SMILES string of the molecule is CCCCCCC1(CCCCCC)c2cc(Nc3ccc4c(c3)C(CCCCCC)(CCCCCC)c3cc([Si](C)(C)C)ccc3-4)ccc2-c2ccc([Si](C)(C)C)cc21. The van der Waals surface area contributed by atoms with Crippen molar-refractivity contribution in [2.75, 3.05) is 5.32 Å². The summed E-state index contributed by atoms with van der Waals surface area (Å²) >= 11 is 0. The Labute approximate surface area is 365 Å². The summed E-state index contributed by atoms with van der Waals surface area (Å²) in [4.78, 5) is 0. The third kappa shape index (κ3) is 9.93. The van der Waals surface area contributed by atoms with Crippen LogP contribution in [0, 0.1) is 0 Å². The topological polar surface area (TPSA) is 12.0 Å². The normalized spacial score (nSPS) is 14.9. The molecule has 0 atom stereocenters. The molecule has 4 aromatic carbocycles. The molecule has 3 heteroatoms. The van der Waals surface area contributed by atoms with E-state index in [9.17, 15) is 0 Å². The van der Waals surface area contributed by atoms with Crippen molar-refractivity contribution in [3.63, 3.8) is 0 Å². The largest absolute Gasteiger partial charge is 0.356 e. The van der Waals surface area contributed by atoms with Crippen LogP contribution in [0.3, 0.4) is 0 Å². The first-order chi connectivity index (χ1) is 28.3. The Hall–Kier alpha value is -2.89. The summed E-state index contributed by atoms with van der Waals surface area (Å²) in [5.74, 6) is 0. The van der Waals surface area contributed by atoms with Crippen LogP contribution in [-0.2, 0) is 10.8 Å². The van der Waals surface area contributed by atoms with Crippen molar-refractivity contribution in [1.29, 1.82) is 0 Å². The van der Waals surface area contributed by atoms with Crippen LogP contribution in [0.5, 0.6) is 0 Å². The summed E-state index contributed by atoms with van der Waals surface area (Å²) in [5.41, 5.74) is 15.1. The highest BCUT2D eigenvalue weighted by Gasteiger charge is 2.45. The van der Waals surface area contributed by atoms with Gasteiger partial charge in [-0.2, -0.15) is 0 Å². The van der Waals surface area contributed by atoms with Gasteiger partial charge in [0.05, 0.1) is 16.1 Å². The third-order valence-electron chi connectivity index (χ3n) is 14.6. The maximum atomic E-state index is 4.08. The van der Waals surface area contributed by atoms with Crippen molar-refractivity contribution in [2.24, 2.45) is 0 Å². The summed E-state index contributed by atoms with van der Waals surface area (Å²) in [6.45, 7) is 24.5. The molecule has 0 unspecified atom stereocenters. The standard InChI is InChI=1S/C56H83NSi2/c1-11-15-19-23-35-55(36-24-20-16-12-2)51-39-43(27-31-47(51)49-33-29-45(41-53(49)55)58(5,6)7)57-44-28-32-48-50-34-30-46(59(8,9)10)42-54(50)56(52(48)40-44,37-25-21-17-13-3)38-26-22-18-14-4/h27-34,39-42,57H,11-26,35-38H2,1-10H3. The zero-order valence-electron chi connectivity index (χ0n) is 39.6. The first-order valence-electron chi connectivity index (χ1n) is 24.7. The van der Waals surface area contributed by atoms with Crippen molar-refractivity contribution in [3.05, 3.63) is 95.1 Å². The number of fused-ring (bicyclic) bond motifs is 6. The molecule has 0 aliphatic heterocycles. The van der Waals surface area contributed by atoms with Crippen LogP contribution >= 0.6 is 0 Å². The minimum Gasteiger partial charge on any atom is -0.356 e. The number of nitrogens with one attached hydrogen (secondary N) is 1. The highest BCUT2D eigenvalue weighted by atomic mass is 28.3. The molecular formula is C56H83NSi2. The predicted molar refractivity (Wildman–Crippen MR) is 270 cm³/mol. The molecule has 0 heterocycles. The molecule has 1 N–H and O–H groups in total. The highest BCUT2D eigenvalue weighted by Crippen LogP contribution is 2.57. The fourth-order valence-electron chi connectivity index (χ4n) is 11.0. The fourth-order valence-corrected chi connectivity index (χ4v) is 13.3. The van der Waals surface area contributed by atoms with Gasteiger partial charge in [-0.1, -0.05) is 229 Å². The predicted octanol–water partition coefficient (Wildman–Crippen LogP) is 16.9. The van der Waals surface area contributed by atoms with Gasteiger partial charge in [0.25, 0.3) is 0 Å². The smallest absolute Gasteiger partial charge is 0.0776 e. The Morgan fingerprint density at radius 3 is 0.932 bits per heavy atom. The van der Waals surface area contributed by atoms with Crippen molar-refractivity contribution in [1.82, 2.24) is 0 Å². The monoisotopic (exact) mass is 826 g/mol. The van der Waals surface area contributed by atoms with Crippen molar-refractivity contribution in [2.45, 2.75) is 206 Å². The zero-order chi connectivity index (χ0) is 42.3. The van der Waals surface area contributed by atoms with E-state index in [1.165, 1.54) is 162 Å². The van der Waals surface area contributed by atoms with Gasteiger partial charge >= 0.3 is 0 Å². The van der Waals surface area contributed by atoms with Crippen molar-refractivity contribution >= 4 is 37.9 Å². The van der Waals surface area contributed by atoms with Crippen LogP contribution in [0.25, 0.3) is 22.3 Å². The Morgan fingerprint density at radius 1 is 0.356 bits per heavy atom. The molecule has 0 saturated carbocycles. The number of hydrogen-bond acceptors (Lipinski definition) is 1. The first-order valence-corrected chi connectivity index (χ1v) is 31.7. The molecule has 0 saturated heterocycles. The lowest BCUT2D eigenvalue weighted by Gasteiger charge is -2.34. The van der Waals surface area contributed by atoms with Crippen LogP contribution < -0.4 is 15.7 Å². The van der Waals surface area contributed by atoms with Gasteiger partial charge < -0.3 is 5.32 Å². The molecule has 1 nitrogen and oxygen atoms in total. The summed E-state index contributed by atoms with van der Waals surface area (Å²) in [7, 11) is -2.97. The van der Waals surface area contributed by atoms with Crippen LogP contribution in [-0.4, -0.2) is 16.1 Å². The number of benzene rings is 4. The second-order valence-electron chi connectivity index (χ2n) is 21.1. The summed E-state index contributed by atoms with van der Waals surface area (Å²) in [6.07, 6.45) is 26.1. The average molecular weight is 826 g/mol. The van der Waals surface area contributed by atoms with E-state index in [1.807, 2.05) is 0 Å². The summed E-state index contributed by atoms with van der Waals surface area (Å²) in [6, 6.07) is 30.4. The first kappa shape index (κ1) is 45.6. The molecule has 4 aromatic rings. The number of rotatable bonds is 24. The van der Waals surface area contributed by atoms with E-state index >= 15 is 0 Å². The molecule has 59 heavy (non-hydrogen) atoms. The van der Waals surface area contributed by atoms with Gasteiger partial charge in [-0.3, -0.25) is 0 Å². The molecule has 0 fully saturated rings. The van der Waals surface area contributed by atoms with Gasteiger partial charge in [-0.15, -0.1) is 0 Å². The Morgan fingerprint density at radius 2 is 0.644 bits per heavy atom. The molecule has 0 spiro atoms. The van der Waals surface area contributed by atoms with Gasteiger partial charge in [0.2, 0.25) is 0 Å². The highest BCUT2D eigenvalue weighted by molar-refractivity contribution is 6.89. The zero-order valence-corrected chi connectivity index (χ0v) is 41.6. The van der Waals surface area contributed by atoms with Gasteiger partial charge in [-0.25, -0.2) is 0 Å². The van der Waals surface area contributed by atoms with Gasteiger partial charge in [0, 0.05) is 22.2 Å². The van der Waals surface area contributed by atoms with E-state index in [2.05, 4.69) is 145 Å². The van der Waals surface area contributed by atoms with E-state index < -0.39 is 16.1 Å². The molecule has 0 bridgehead atoms. The molecule has 6 rings (SSSR count). The lowest BCUT2D eigenvalue weighted by atomic mass is 9.70. The summed E-state index contributed by atoms with van der Waals surface area (Å²) < 4.78 is 0. The van der Waals surface area contributed by atoms with Gasteiger partial charge in [0.15, 0.2) is 0 Å². The number of anilines is 2. The summed E-state index contributed by atoms with van der Waals surface area (Å²) in [5, 5.41) is 7.30. The van der Waals surface area contributed by atoms with Crippen LogP contribution in [0.1, 0.15) is 178 Å². The fraction of sp³-hybridized carbons (Fsp3) is 0.571. The van der Waals surface area contributed by atoms with Crippen LogP contribution in [0.15, 0.2) is 72.8 Å². The quantitative estimate of drug-likeness (QED) is 0.0548. The minimum atomic E-state index is -1.49. The molecule has 0 amide bonds. The molecule has 0 radical (unpaired) electrons. The maximum Gasteiger partial charge on any atom is 0.0776 e. The van der Waals surface area contributed by atoms with E-state index in [-0.39, 0.29) is 10.8 Å². The van der Waals surface area contributed by atoms with Crippen molar-refractivity contribution in [3.8, 4) is 22.3 Å².